The van der Waals surface area contributed by atoms with Crippen molar-refractivity contribution in [2.24, 2.45) is 0 Å². The molecule has 0 saturated heterocycles. The third kappa shape index (κ3) is 2.41. The fourth-order valence-electron chi connectivity index (χ4n) is 2.10. The van der Waals surface area contributed by atoms with Crippen LogP contribution in [0.1, 0.15) is 27.2 Å². The number of carbonyl (C=O) groups is 2. The summed E-state index contributed by atoms with van der Waals surface area (Å²) in [4.78, 5) is 24.2. The summed E-state index contributed by atoms with van der Waals surface area (Å²) in [5, 5.41) is 2.80. The molecule has 1 N–H and O–H groups in total. The molecule has 0 radical (unpaired) electrons. The minimum absolute atomic E-state index is 0.0246. The zero-order valence-electron chi connectivity index (χ0n) is 9.90. The normalized spacial score (nSPS) is 13.8. The van der Waals surface area contributed by atoms with E-state index in [4.69, 9.17) is 11.6 Å². The Balaban J connectivity index is 1.94. The molecule has 1 aromatic heterocycles. The van der Waals surface area contributed by atoms with Gasteiger partial charge < -0.3 is 5.32 Å². The van der Waals surface area contributed by atoms with Gasteiger partial charge in [0.25, 0.3) is 0 Å². The molecule has 0 aliphatic carbocycles. The highest BCUT2D eigenvalue weighted by atomic mass is 35.5. The van der Waals surface area contributed by atoms with Crippen LogP contribution >= 0.6 is 22.9 Å². The zero-order chi connectivity index (χ0) is 13.4. The fourth-order valence-corrected chi connectivity index (χ4v) is 3.11. The Hall–Kier alpha value is -1.65. The minimum atomic E-state index is -0.0309. The van der Waals surface area contributed by atoms with Crippen LogP contribution in [0.5, 0.6) is 0 Å². The van der Waals surface area contributed by atoms with Crippen molar-refractivity contribution in [3.8, 4) is 0 Å². The van der Waals surface area contributed by atoms with E-state index in [2.05, 4.69) is 5.32 Å². The third-order valence-corrected chi connectivity index (χ3v) is 4.29. The highest BCUT2D eigenvalue weighted by Gasteiger charge is 2.18. The van der Waals surface area contributed by atoms with Crippen molar-refractivity contribution >= 4 is 40.3 Å². The van der Waals surface area contributed by atoms with Gasteiger partial charge >= 0.3 is 0 Å². The molecule has 2 heterocycles. The lowest BCUT2D eigenvalue weighted by molar-refractivity contribution is -0.116. The molecule has 5 heteroatoms. The quantitative estimate of drug-likeness (QED) is 0.861. The lowest BCUT2D eigenvalue weighted by Gasteiger charge is -2.17. The third-order valence-electron chi connectivity index (χ3n) is 3.06. The van der Waals surface area contributed by atoms with Crippen LogP contribution in [0.15, 0.2) is 30.3 Å². The molecule has 0 atom stereocenters. The van der Waals surface area contributed by atoms with E-state index < -0.39 is 0 Å². The summed E-state index contributed by atoms with van der Waals surface area (Å²) in [7, 11) is 0. The number of rotatable bonds is 2. The summed E-state index contributed by atoms with van der Waals surface area (Å²) in [6.45, 7) is 0. The fraction of sp³-hybridized carbons (Fsp3) is 0.143. The molecule has 1 amide bonds. The van der Waals surface area contributed by atoms with Gasteiger partial charge in [-0.25, -0.2) is 0 Å². The first-order valence-corrected chi connectivity index (χ1v) is 7.06. The van der Waals surface area contributed by atoms with Crippen LogP contribution in [0, 0.1) is 0 Å². The van der Waals surface area contributed by atoms with Gasteiger partial charge in [0.2, 0.25) is 11.7 Å². The minimum Gasteiger partial charge on any atom is -0.326 e. The van der Waals surface area contributed by atoms with Crippen LogP contribution in [0.4, 0.5) is 5.69 Å². The molecule has 1 aliphatic heterocycles. The molecule has 2 aromatic rings. The molecule has 3 rings (SSSR count). The monoisotopic (exact) mass is 291 g/mol. The number of aryl methyl sites for hydroxylation is 1. The summed E-state index contributed by atoms with van der Waals surface area (Å²) >= 11 is 7.12. The highest BCUT2D eigenvalue weighted by Crippen LogP contribution is 2.27. The largest absolute Gasteiger partial charge is 0.326 e. The molecule has 0 bridgehead atoms. The SMILES string of the molecule is O=C1CCc2cc(C(=O)c3ccc(Cl)s3)ccc2N1. The van der Waals surface area contributed by atoms with Gasteiger partial charge in [0.05, 0.1) is 9.21 Å². The average Bonchev–Trinajstić information content (AvgIpc) is 2.84. The van der Waals surface area contributed by atoms with Crippen LogP contribution < -0.4 is 5.32 Å². The summed E-state index contributed by atoms with van der Waals surface area (Å²) in [5.74, 6) is -0.00628. The number of halogens is 1. The smallest absolute Gasteiger partial charge is 0.224 e. The standard InChI is InChI=1S/C14H10ClNO2S/c15-12-5-4-11(19-12)14(18)9-1-3-10-8(7-9)2-6-13(17)16-10/h1,3-5,7H,2,6H2,(H,16,17). The van der Waals surface area contributed by atoms with E-state index in [0.717, 1.165) is 11.3 Å². The van der Waals surface area contributed by atoms with E-state index in [-0.39, 0.29) is 11.7 Å². The van der Waals surface area contributed by atoms with Crippen LogP contribution in [-0.4, -0.2) is 11.7 Å². The summed E-state index contributed by atoms with van der Waals surface area (Å²) in [6.07, 6.45) is 1.14. The second-order valence-corrected chi connectivity index (χ2v) is 6.07. The highest BCUT2D eigenvalue weighted by molar-refractivity contribution is 7.18. The molecular formula is C14H10ClNO2S. The number of thiophene rings is 1. The van der Waals surface area contributed by atoms with Gasteiger partial charge in [-0.05, 0) is 42.3 Å². The van der Waals surface area contributed by atoms with Crippen molar-refractivity contribution in [3.63, 3.8) is 0 Å². The second-order valence-electron chi connectivity index (χ2n) is 4.35. The summed E-state index contributed by atoms with van der Waals surface area (Å²) in [6, 6.07) is 8.83. The van der Waals surface area contributed by atoms with Gasteiger partial charge in [-0.15, -0.1) is 11.3 Å². The summed E-state index contributed by atoms with van der Waals surface area (Å²) < 4.78 is 0.605. The van der Waals surface area contributed by atoms with Gasteiger partial charge in [0, 0.05) is 17.7 Å². The molecule has 0 spiro atoms. The number of benzene rings is 1. The zero-order valence-corrected chi connectivity index (χ0v) is 11.5. The van der Waals surface area contributed by atoms with E-state index in [1.54, 1.807) is 24.3 Å². The van der Waals surface area contributed by atoms with Crippen molar-refractivity contribution in [1.29, 1.82) is 0 Å². The Kier molecular flexibility index (Phi) is 3.12. The Morgan fingerprint density at radius 2 is 2.05 bits per heavy atom. The molecule has 0 fully saturated rings. The number of ketones is 1. The molecule has 0 unspecified atom stereocenters. The van der Waals surface area contributed by atoms with Gasteiger partial charge in [0.15, 0.2) is 0 Å². The van der Waals surface area contributed by atoms with E-state index in [1.807, 2.05) is 6.07 Å². The van der Waals surface area contributed by atoms with Gasteiger partial charge in [0.1, 0.15) is 0 Å². The van der Waals surface area contributed by atoms with Gasteiger partial charge in [-0.3, -0.25) is 9.59 Å². The molecule has 19 heavy (non-hydrogen) atoms. The topological polar surface area (TPSA) is 46.2 Å². The Morgan fingerprint density at radius 1 is 1.21 bits per heavy atom. The first-order chi connectivity index (χ1) is 9.13. The number of amides is 1. The maximum atomic E-state index is 12.3. The van der Waals surface area contributed by atoms with Gasteiger partial charge in [-0.2, -0.15) is 0 Å². The Bertz CT molecular complexity index is 678. The maximum Gasteiger partial charge on any atom is 0.224 e. The first kappa shape index (κ1) is 12.4. The lowest BCUT2D eigenvalue weighted by Crippen LogP contribution is -2.19. The predicted molar refractivity (Wildman–Crippen MR) is 76.2 cm³/mol. The molecule has 1 aliphatic rings. The molecule has 96 valence electrons. The Labute approximate surface area is 119 Å². The number of hydrogen-bond donors (Lipinski definition) is 1. The molecule has 1 aromatic carbocycles. The van der Waals surface area contributed by atoms with E-state index in [9.17, 15) is 9.59 Å². The number of anilines is 1. The van der Waals surface area contributed by atoms with Crippen molar-refractivity contribution in [2.45, 2.75) is 12.8 Å². The van der Waals surface area contributed by atoms with Crippen LogP contribution in [-0.2, 0) is 11.2 Å². The van der Waals surface area contributed by atoms with Crippen molar-refractivity contribution in [1.82, 2.24) is 0 Å². The summed E-state index contributed by atoms with van der Waals surface area (Å²) in [5.41, 5.74) is 2.44. The van der Waals surface area contributed by atoms with Gasteiger partial charge in [-0.1, -0.05) is 11.6 Å². The number of nitrogens with one attached hydrogen (secondary N) is 1. The molecular weight excluding hydrogens is 282 g/mol. The average molecular weight is 292 g/mol. The van der Waals surface area contributed by atoms with Crippen LogP contribution in [0.3, 0.4) is 0 Å². The van der Waals surface area contributed by atoms with E-state index in [0.29, 0.717) is 27.6 Å². The number of carbonyl (C=O) groups excluding carboxylic acids is 2. The number of fused-ring (bicyclic) bond motifs is 1. The Morgan fingerprint density at radius 3 is 2.79 bits per heavy atom. The van der Waals surface area contributed by atoms with Crippen molar-refractivity contribution < 1.29 is 9.59 Å². The van der Waals surface area contributed by atoms with Crippen LogP contribution in [0.2, 0.25) is 4.34 Å². The molecule has 3 nitrogen and oxygen atoms in total. The van der Waals surface area contributed by atoms with E-state index >= 15 is 0 Å². The van der Waals surface area contributed by atoms with Crippen LogP contribution in [0.25, 0.3) is 0 Å². The molecule has 0 saturated carbocycles. The predicted octanol–water partition coefficient (Wildman–Crippen LogP) is 3.52. The van der Waals surface area contributed by atoms with Crippen molar-refractivity contribution in [3.05, 3.63) is 50.7 Å². The maximum absolute atomic E-state index is 12.3. The number of hydrogen-bond acceptors (Lipinski definition) is 3. The second kappa shape index (κ2) is 4.79. The van der Waals surface area contributed by atoms with E-state index in [1.165, 1.54) is 11.3 Å². The lowest BCUT2D eigenvalue weighted by atomic mass is 9.98. The first-order valence-electron chi connectivity index (χ1n) is 5.86. The van der Waals surface area contributed by atoms with Crippen molar-refractivity contribution in [2.75, 3.05) is 5.32 Å².